The molecular formula is C12H18ClN3O. The van der Waals surface area contributed by atoms with E-state index < -0.39 is 0 Å². The minimum absolute atomic E-state index is 0.190. The van der Waals surface area contributed by atoms with E-state index in [2.05, 4.69) is 23.8 Å². The lowest BCUT2D eigenvalue weighted by atomic mass is 9.76. The Bertz CT molecular complexity index is 399. The summed E-state index contributed by atoms with van der Waals surface area (Å²) in [7, 11) is 0. The highest BCUT2D eigenvalue weighted by Crippen LogP contribution is 2.37. The van der Waals surface area contributed by atoms with Gasteiger partial charge in [0.25, 0.3) is 0 Å². The Balaban J connectivity index is 2.00. The average Bonchev–Trinajstić information content (AvgIpc) is 2.27. The van der Waals surface area contributed by atoms with Crippen molar-refractivity contribution in [1.82, 2.24) is 9.97 Å². The summed E-state index contributed by atoms with van der Waals surface area (Å²) in [6.45, 7) is 4.58. The van der Waals surface area contributed by atoms with E-state index in [1.165, 1.54) is 6.33 Å². The molecule has 5 heteroatoms. The van der Waals surface area contributed by atoms with Gasteiger partial charge in [0.2, 0.25) is 5.88 Å². The van der Waals surface area contributed by atoms with Crippen molar-refractivity contribution in [3.8, 4) is 5.88 Å². The van der Waals surface area contributed by atoms with E-state index in [0.29, 0.717) is 16.3 Å². The Hall–Kier alpha value is -1.03. The molecular weight excluding hydrogens is 238 g/mol. The standard InChI is InChI=1S/C12H18ClN3O/c1-12(2)5-3-8(4-6-12)17-11-9(13)10(14)15-7-16-11/h7-8H,3-6H2,1-2H3,(H2,14,15,16). The molecule has 0 aromatic carbocycles. The summed E-state index contributed by atoms with van der Waals surface area (Å²) in [6, 6.07) is 0. The van der Waals surface area contributed by atoms with Gasteiger partial charge in [-0.25, -0.2) is 9.97 Å². The van der Waals surface area contributed by atoms with E-state index in [9.17, 15) is 0 Å². The molecule has 1 aliphatic rings. The SMILES string of the molecule is CC1(C)CCC(Oc2ncnc(N)c2Cl)CC1. The quantitative estimate of drug-likeness (QED) is 0.882. The van der Waals surface area contributed by atoms with Crippen LogP contribution in [-0.2, 0) is 0 Å². The number of nitrogen functional groups attached to an aromatic ring is 1. The van der Waals surface area contributed by atoms with Gasteiger partial charge in [-0.1, -0.05) is 25.4 Å². The predicted molar refractivity (Wildman–Crippen MR) is 68.1 cm³/mol. The van der Waals surface area contributed by atoms with Gasteiger partial charge in [0, 0.05) is 0 Å². The highest BCUT2D eigenvalue weighted by molar-refractivity contribution is 6.33. The van der Waals surface area contributed by atoms with Crippen molar-refractivity contribution in [3.05, 3.63) is 11.3 Å². The van der Waals surface area contributed by atoms with Crippen molar-refractivity contribution in [2.24, 2.45) is 5.41 Å². The monoisotopic (exact) mass is 255 g/mol. The van der Waals surface area contributed by atoms with Crippen molar-refractivity contribution in [2.45, 2.75) is 45.6 Å². The van der Waals surface area contributed by atoms with E-state index in [1.807, 2.05) is 0 Å². The molecule has 2 N–H and O–H groups in total. The van der Waals surface area contributed by atoms with Gasteiger partial charge in [0.1, 0.15) is 23.3 Å². The fourth-order valence-corrected chi connectivity index (χ4v) is 2.24. The van der Waals surface area contributed by atoms with Crippen molar-refractivity contribution >= 4 is 17.4 Å². The number of aromatic nitrogens is 2. The molecule has 94 valence electrons. The van der Waals surface area contributed by atoms with Crippen LogP contribution < -0.4 is 10.5 Å². The second-order valence-electron chi connectivity index (χ2n) is 5.36. The number of hydrogen-bond donors (Lipinski definition) is 1. The first-order valence-electron chi connectivity index (χ1n) is 5.90. The molecule has 0 saturated heterocycles. The Kier molecular flexibility index (Phi) is 3.43. The van der Waals surface area contributed by atoms with Crippen molar-refractivity contribution in [2.75, 3.05) is 5.73 Å². The van der Waals surface area contributed by atoms with Crippen LogP contribution >= 0.6 is 11.6 Å². The lowest BCUT2D eigenvalue weighted by molar-refractivity contribution is 0.0949. The molecule has 1 aromatic heterocycles. The fraction of sp³-hybridized carbons (Fsp3) is 0.667. The maximum Gasteiger partial charge on any atom is 0.238 e. The third-order valence-electron chi connectivity index (χ3n) is 3.35. The molecule has 1 aliphatic carbocycles. The Morgan fingerprint density at radius 1 is 1.35 bits per heavy atom. The minimum Gasteiger partial charge on any atom is -0.473 e. The number of halogens is 1. The van der Waals surface area contributed by atoms with Crippen LogP contribution in [0.1, 0.15) is 39.5 Å². The van der Waals surface area contributed by atoms with Gasteiger partial charge in [-0.15, -0.1) is 0 Å². The molecule has 0 aliphatic heterocycles. The van der Waals surface area contributed by atoms with Gasteiger partial charge in [0.15, 0.2) is 0 Å². The molecule has 0 bridgehead atoms. The van der Waals surface area contributed by atoms with Crippen LogP contribution in [0.5, 0.6) is 5.88 Å². The van der Waals surface area contributed by atoms with Crippen molar-refractivity contribution in [3.63, 3.8) is 0 Å². The Morgan fingerprint density at radius 2 is 2.00 bits per heavy atom. The van der Waals surface area contributed by atoms with Crippen LogP contribution in [0.15, 0.2) is 6.33 Å². The lowest BCUT2D eigenvalue weighted by Crippen LogP contribution is -2.28. The van der Waals surface area contributed by atoms with Gasteiger partial charge in [0.05, 0.1) is 0 Å². The summed E-state index contributed by atoms with van der Waals surface area (Å²) in [5.41, 5.74) is 6.03. The van der Waals surface area contributed by atoms with Crippen LogP contribution in [-0.4, -0.2) is 16.1 Å². The summed E-state index contributed by atoms with van der Waals surface area (Å²) in [6.07, 6.45) is 5.96. The third-order valence-corrected chi connectivity index (χ3v) is 3.70. The first-order valence-corrected chi connectivity index (χ1v) is 6.28. The van der Waals surface area contributed by atoms with E-state index in [4.69, 9.17) is 22.1 Å². The van der Waals surface area contributed by atoms with Crippen molar-refractivity contribution in [1.29, 1.82) is 0 Å². The Morgan fingerprint density at radius 3 is 2.65 bits per heavy atom. The number of anilines is 1. The highest BCUT2D eigenvalue weighted by Gasteiger charge is 2.28. The maximum absolute atomic E-state index is 5.99. The zero-order valence-corrected chi connectivity index (χ0v) is 11.0. The van der Waals surface area contributed by atoms with Gasteiger partial charge in [-0.2, -0.15) is 0 Å². The number of ether oxygens (including phenoxy) is 1. The number of nitrogens with two attached hydrogens (primary N) is 1. The van der Waals surface area contributed by atoms with Gasteiger partial charge < -0.3 is 10.5 Å². The summed E-state index contributed by atoms with van der Waals surface area (Å²) in [5.74, 6) is 0.677. The van der Waals surface area contributed by atoms with Crippen LogP contribution in [0.4, 0.5) is 5.82 Å². The van der Waals surface area contributed by atoms with Crippen LogP contribution in [0.2, 0.25) is 5.02 Å². The van der Waals surface area contributed by atoms with Gasteiger partial charge >= 0.3 is 0 Å². The predicted octanol–water partition coefficient (Wildman–Crippen LogP) is 3.06. The zero-order valence-electron chi connectivity index (χ0n) is 10.2. The number of nitrogens with zero attached hydrogens (tertiary/aromatic N) is 2. The minimum atomic E-state index is 0.190. The second kappa shape index (κ2) is 4.69. The first-order chi connectivity index (χ1) is 7.98. The molecule has 17 heavy (non-hydrogen) atoms. The van der Waals surface area contributed by atoms with Crippen LogP contribution in [0, 0.1) is 5.41 Å². The molecule has 1 heterocycles. The topological polar surface area (TPSA) is 61.0 Å². The lowest BCUT2D eigenvalue weighted by Gasteiger charge is -2.34. The van der Waals surface area contributed by atoms with Crippen LogP contribution in [0.3, 0.4) is 0 Å². The molecule has 4 nitrogen and oxygen atoms in total. The smallest absolute Gasteiger partial charge is 0.238 e. The van der Waals surface area contributed by atoms with Gasteiger partial charge in [-0.05, 0) is 31.1 Å². The summed E-state index contributed by atoms with van der Waals surface area (Å²) in [5, 5.41) is 0.317. The molecule has 1 saturated carbocycles. The molecule has 1 fully saturated rings. The first kappa shape index (κ1) is 12.4. The number of rotatable bonds is 2. The maximum atomic E-state index is 5.99. The summed E-state index contributed by atoms with van der Waals surface area (Å²) in [4.78, 5) is 7.83. The van der Waals surface area contributed by atoms with E-state index >= 15 is 0 Å². The van der Waals surface area contributed by atoms with E-state index in [1.54, 1.807) is 0 Å². The molecule has 0 spiro atoms. The van der Waals surface area contributed by atoms with Crippen molar-refractivity contribution < 1.29 is 4.74 Å². The second-order valence-corrected chi connectivity index (χ2v) is 5.74. The largest absolute Gasteiger partial charge is 0.473 e. The Labute approximate surface area is 107 Å². The van der Waals surface area contributed by atoms with Gasteiger partial charge in [-0.3, -0.25) is 0 Å². The normalized spacial score (nSPS) is 20.2. The van der Waals surface area contributed by atoms with E-state index in [0.717, 1.165) is 25.7 Å². The summed E-state index contributed by atoms with van der Waals surface area (Å²) < 4.78 is 5.80. The molecule has 0 radical (unpaired) electrons. The molecule has 0 atom stereocenters. The fourth-order valence-electron chi connectivity index (χ4n) is 2.10. The third kappa shape index (κ3) is 3.00. The van der Waals surface area contributed by atoms with E-state index in [-0.39, 0.29) is 11.9 Å². The van der Waals surface area contributed by atoms with Crippen LogP contribution in [0.25, 0.3) is 0 Å². The molecule has 1 aromatic rings. The highest BCUT2D eigenvalue weighted by atomic mass is 35.5. The molecule has 0 amide bonds. The molecule has 2 rings (SSSR count). The molecule has 0 unspecified atom stereocenters. The number of hydrogen-bond acceptors (Lipinski definition) is 4. The zero-order chi connectivity index (χ0) is 12.5. The average molecular weight is 256 g/mol. The summed E-state index contributed by atoms with van der Waals surface area (Å²) >= 11 is 5.99.